The molecule has 1 aromatic rings. The summed E-state index contributed by atoms with van der Waals surface area (Å²) in [6.07, 6.45) is 0.382. The van der Waals surface area contributed by atoms with E-state index in [1.165, 1.54) is 18.2 Å². The molecule has 0 fully saturated rings. The number of rotatable bonds is 4. The van der Waals surface area contributed by atoms with Crippen molar-refractivity contribution in [2.24, 2.45) is 5.73 Å². The number of sulfone groups is 1. The summed E-state index contributed by atoms with van der Waals surface area (Å²) in [7, 11) is -3.63. The Bertz CT molecular complexity index is 427. The third-order valence-corrected chi connectivity index (χ3v) is 4.65. The summed E-state index contributed by atoms with van der Waals surface area (Å²) in [6, 6.07) is 5.36. The predicted octanol–water partition coefficient (Wildman–Crippen LogP) is 1.34. The summed E-state index contributed by atoms with van der Waals surface area (Å²) in [5.41, 5.74) is 5.36. The van der Waals surface area contributed by atoms with Crippen molar-refractivity contribution in [1.29, 1.82) is 0 Å². The van der Waals surface area contributed by atoms with Gasteiger partial charge in [0.1, 0.15) is 10.7 Å². The lowest BCUT2D eigenvalue weighted by Gasteiger charge is -2.13. The molecule has 0 aliphatic heterocycles. The third-order valence-electron chi connectivity index (χ3n) is 2.30. The highest BCUT2D eigenvalue weighted by molar-refractivity contribution is 7.92. The molecule has 0 bridgehead atoms. The summed E-state index contributed by atoms with van der Waals surface area (Å²) in [5, 5.41) is -0.714. The zero-order valence-corrected chi connectivity index (χ0v) is 9.30. The van der Waals surface area contributed by atoms with Gasteiger partial charge in [-0.05, 0) is 18.6 Å². The van der Waals surface area contributed by atoms with E-state index in [4.69, 9.17) is 5.73 Å². The predicted molar refractivity (Wildman–Crippen MR) is 56.7 cm³/mol. The molecule has 84 valence electrons. The minimum Gasteiger partial charge on any atom is -0.329 e. The van der Waals surface area contributed by atoms with Crippen LogP contribution in [0.2, 0.25) is 0 Å². The second kappa shape index (κ2) is 4.72. The molecule has 5 heteroatoms. The van der Waals surface area contributed by atoms with Gasteiger partial charge in [0.25, 0.3) is 0 Å². The molecule has 2 N–H and O–H groups in total. The Morgan fingerprint density at radius 3 is 2.47 bits per heavy atom. The fourth-order valence-electron chi connectivity index (χ4n) is 1.37. The Kier molecular flexibility index (Phi) is 3.82. The first-order valence-corrected chi connectivity index (χ1v) is 6.27. The van der Waals surface area contributed by atoms with Gasteiger partial charge >= 0.3 is 0 Å². The molecule has 0 aliphatic rings. The smallest absolute Gasteiger partial charge is 0.185 e. The van der Waals surface area contributed by atoms with Crippen LogP contribution in [0.15, 0.2) is 29.2 Å². The molecule has 3 nitrogen and oxygen atoms in total. The second-order valence-electron chi connectivity index (χ2n) is 3.24. The van der Waals surface area contributed by atoms with Crippen LogP contribution in [0.1, 0.15) is 13.3 Å². The molecule has 0 heterocycles. The first-order chi connectivity index (χ1) is 7.04. The third kappa shape index (κ3) is 2.35. The quantitative estimate of drug-likeness (QED) is 0.850. The van der Waals surface area contributed by atoms with Gasteiger partial charge in [-0.3, -0.25) is 0 Å². The van der Waals surface area contributed by atoms with Crippen LogP contribution < -0.4 is 5.73 Å². The molecule has 15 heavy (non-hydrogen) atoms. The molecule has 1 atom stereocenters. The van der Waals surface area contributed by atoms with Crippen LogP contribution >= 0.6 is 0 Å². The number of nitrogens with two attached hydrogens (primary N) is 1. The molecular weight excluding hydrogens is 217 g/mol. The van der Waals surface area contributed by atoms with Gasteiger partial charge in [0.2, 0.25) is 0 Å². The number of hydrogen-bond acceptors (Lipinski definition) is 3. The van der Waals surface area contributed by atoms with Gasteiger partial charge in [-0.1, -0.05) is 19.1 Å². The van der Waals surface area contributed by atoms with E-state index >= 15 is 0 Å². The largest absolute Gasteiger partial charge is 0.329 e. The maximum absolute atomic E-state index is 13.3. The Morgan fingerprint density at radius 1 is 1.40 bits per heavy atom. The highest BCUT2D eigenvalue weighted by atomic mass is 32.2. The van der Waals surface area contributed by atoms with Crippen LogP contribution in [-0.4, -0.2) is 20.2 Å². The molecule has 0 amide bonds. The van der Waals surface area contributed by atoms with Crippen molar-refractivity contribution in [3.8, 4) is 0 Å². The molecule has 0 aliphatic carbocycles. The Morgan fingerprint density at radius 2 is 2.00 bits per heavy atom. The van der Waals surface area contributed by atoms with Crippen molar-refractivity contribution in [1.82, 2.24) is 0 Å². The topological polar surface area (TPSA) is 60.2 Å². The van der Waals surface area contributed by atoms with Gasteiger partial charge in [0.15, 0.2) is 9.84 Å². The van der Waals surface area contributed by atoms with Crippen molar-refractivity contribution < 1.29 is 12.8 Å². The summed E-state index contributed by atoms with van der Waals surface area (Å²) in [6.45, 7) is 1.73. The molecule has 0 radical (unpaired) electrons. The molecule has 0 saturated heterocycles. The lowest BCUT2D eigenvalue weighted by atomic mass is 10.3. The van der Waals surface area contributed by atoms with E-state index in [1.807, 2.05) is 0 Å². The minimum absolute atomic E-state index is 0.00711. The fourth-order valence-corrected chi connectivity index (χ4v) is 3.03. The molecular formula is C10H14FNO2S. The summed E-state index contributed by atoms with van der Waals surface area (Å²) >= 11 is 0. The van der Waals surface area contributed by atoms with Crippen LogP contribution in [0, 0.1) is 5.82 Å². The van der Waals surface area contributed by atoms with Gasteiger partial charge in [0.05, 0.1) is 5.25 Å². The van der Waals surface area contributed by atoms with E-state index < -0.39 is 20.9 Å². The van der Waals surface area contributed by atoms with Gasteiger partial charge in [-0.15, -0.1) is 0 Å². The van der Waals surface area contributed by atoms with Crippen LogP contribution in [0.4, 0.5) is 4.39 Å². The monoisotopic (exact) mass is 231 g/mol. The van der Waals surface area contributed by atoms with Gasteiger partial charge in [0, 0.05) is 6.54 Å². The summed E-state index contributed by atoms with van der Waals surface area (Å²) in [5.74, 6) is -0.718. The lowest BCUT2D eigenvalue weighted by molar-refractivity contribution is 0.553. The first kappa shape index (κ1) is 12.1. The molecule has 0 saturated carbocycles. The molecule has 1 rings (SSSR count). The standard InChI is InChI=1S/C10H14FNO2S/c1-2-8(7-12)15(13,14)10-6-4-3-5-9(10)11/h3-6,8H,2,7,12H2,1H3. The minimum atomic E-state index is -3.63. The van der Waals surface area contributed by atoms with E-state index in [0.717, 1.165) is 6.07 Å². The van der Waals surface area contributed by atoms with E-state index in [1.54, 1.807) is 6.92 Å². The van der Waals surface area contributed by atoms with Crippen molar-refractivity contribution in [2.45, 2.75) is 23.5 Å². The molecule has 0 aromatic heterocycles. The number of hydrogen-bond donors (Lipinski definition) is 1. The Hall–Kier alpha value is -0.940. The Balaban J connectivity index is 3.23. The normalized spacial score (nSPS) is 13.8. The van der Waals surface area contributed by atoms with Crippen molar-refractivity contribution in [2.75, 3.05) is 6.54 Å². The van der Waals surface area contributed by atoms with Gasteiger partial charge in [-0.2, -0.15) is 0 Å². The number of halogens is 1. The molecule has 1 unspecified atom stereocenters. The van der Waals surface area contributed by atoms with Crippen molar-refractivity contribution in [3.63, 3.8) is 0 Å². The molecule has 1 aromatic carbocycles. The van der Waals surface area contributed by atoms with Crippen molar-refractivity contribution >= 4 is 9.84 Å². The fraction of sp³-hybridized carbons (Fsp3) is 0.400. The highest BCUT2D eigenvalue weighted by Gasteiger charge is 2.27. The van der Waals surface area contributed by atoms with E-state index in [-0.39, 0.29) is 11.4 Å². The highest BCUT2D eigenvalue weighted by Crippen LogP contribution is 2.20. The SMILES string of the molecule is CCC(CN)S(=O)(=O)c1ccccc1F. The van der Waals surface area contributed by atoms with E-state index in [0.29, 0.717) is 6.42 Å². The zero-order chi connectivity index (χ0) is 11.5. The average Bonchev–Trinajstić information content (AvgIpc) is 2.19. The second-order valence-corrected chi connectivity index (χ2v) is 5.44. The van der Waals surface area contributed by atoms with E-state index in [9.17, 15) is 12.8 Å². The Labute approximate surface area is 89.0 Å². The van der Waals surface area contributed by atoms with Gasteiger partial charge in [-0.25, -0.2) is 12.8 Å². The van der Waals surface area contributed by atoms with Gasteiger partial charge < -0.3 is 5.73 Å². The van der Waals surface area contributed by atoms with Crippen LogP contribution in [-0.2, 0) is 9.84 Å². The first-order valence-electron chi connectivity index (χ1n) is 4.72. The van der Waals surface area contributed by atoms with Crippen LogP contribution in [0.25, 0.3) is 0 Å². The summed E-state index contributed by atoms with van der Waals surface area (Å²) in [4.78, 5) is -0.262. The maximum atomic E-state index is 13.3. The number of benzene rings is 1. The van der Waals surface area contributed by atoms with E-state index in [2.05, 4.69) is 0 Å². The average molecular weight is 231 g/mol. The maximum Gasteiger partial charge on any atom is 0.185 e. The zero-order valence-electron chi connectivity index (χ0n) is 8.48. The van der Waals surface area contributed by atoms with Crippen molar-refractivity contribution in [3.05, 3.63) is 30.1 Å². The van der Waals surface area contributed by atoms with Crippen LogP contribution in [0.5, 0.6) is 0 Å². The summed E-state index contributed by atoms with van der Waals surface area (Å²) < 4.78 is 37.1. The van der Waals surface area contributed by atoms with Crippen LogP contribution in [0.3, 0.4) is 0 Å². The molecule has 0 spiro atoms. The lowest BCUT2D eigenvalue weighted by Crippen LogP contribution is -2.29.